The summed E-state index contributed by atoms with van der Waals surface area (Å²) in [4.78, 5) is 5.02. The minimum absolute atomic E-state index is 0.221. The lowest BCUT2D eigenvalue weighted by molar-refractivity contribution is 0.380. The van der Waals surface area contributed by atoms with Crippen LogP contribution in [0.5, 0.6) is 11.5 Å². The molecule has 0 fully saturated rings. The predicted octanol–water partition coefficient (Wildman–Crippen LogP) is 7.74. The van der Waals surface area contributed by atoms with Gasteiger partial charge in [0.25, 0.3) is 0 Å². The second-order valence-corrected chi connectivity index (χ2v) is 9.87. The highest BCUT2D eigenvalue weighted by atomic mass is 32.2. The molecule has 0 bridgehead atoms. The lowest BCUT2D eigenvalue weighted by atomic mass is 9.98. The molecular formula is C29H35FN2O2S. The molecule has 0 spiro atoms. The molecule has 0 aliphatic carbocycles. The standard InChI is InChI=1S/C29H35FN2O2S/c1-7-22(30)14-13-20(3)21(4)31-23(8-2)17-29(5)19-35-28(32-29)18-34-27-16-15-26(33-6)24-11-9-10-12-25(24)27/h7-16,31H,17-19H2,1-6H3/b14-13-,21-20+,22-7+,23-8-. The van der Waals surface area contributed by atoms with Crippen LogP contribution in [0.2, 0.25) is 0 Å². The largest absolute Gasteiger partial charge is 0.496 e. The molecule has 6 heteroatoms. The molecule has 3 rings (SSSR count). The number of hydrogen-bond donors (Lipinski definition) is 1. The van der Waals surface area contributed by atoms with Gasteiger partial charge in [-0.25, -0.2) is 4.39 Å². The molecule has 0 aromatic heterocycles. The summed E-state index contributed by atoms with van der Waals surface area (Å²) in [5, 5.41) is 6.55. The topological polar surface area (TPSA) is 42.9 Å². The lowest BCUT2D eigenvalue weighted by Gasteiger charge is -2.23. The van der Waals surface area contributed by atoms with Gasteiger partial charge in [-0.15, -0.1) is 11.8 Å². The van der Waals surface area contributed by atoms with E-state index in [0.717, 1.165) is 56.5 Å². The first-order chi connectivity index (χ1) is 16.8. The van der Waals surface area contributed by atoms with Crippen LogP contribution in [-0.2, 0) is 0 Å². The monoisotopic (exact) mass is 494 g/mol. The summed E-state index contributed by atoms with van der Waals surface area (Å²) < 4.78 is 25.1. The summed E-state index contributed by atoms with van der Waals surface area (Å²) in [7, 11) is 1.68. The van der Waals surface area contributed by atoms with Crippen LogP contribution >= 0.6 is 11.8 Å². The number of fused-ring (bicyclic) bond motifs is 1. The molecule has 1 unspecified atom stereocenters. The Morgan fingerprint density at radius 1 is 1.09 bits per heavy atom. The van der Waals surface area contributed by atoms with E-state index in [0.29, 0.717) is 6.61 Å². The predicted molar refractivity (Wildman–Crippen MR) is 148 cm³/mol. The molecule has 186 valence electrons. The van der Waals surface area contributed by atoms with Gasteiger partial charge in [-0.05, 0) is 58.4 Å². The van der Waals surface area contributed by atoms with Crippen LogP contribution in [0.25, 0.3) is 10.8 Å². The maximum absolute atomic E-state index is 13.4. The number of methoxy groups -OCH3 is 1. The minimum atomic E-state index is -0.245. The van der Waals surface area contributed by atoms with Gasteiger partial charge in [0, 0.05) is 34.3 Å². The third kappa shape index (κ3) is 7.01. The molecule has 1 atom stereocenters. The maximum Gasteiger partial charge on any atom is 0.136 e. The molecule has 0 saturated carbocycles. The number of rotatable bonds is 10. The van der Waals surface area contributed by atoms with Crippen LogP contribution in [0.4, 0.5) is 4.39 Å². The van der Waals surface area contributed by atoms with Gasteiger partial charge in [0.15, 0.2) is 0 Å². The molecule has 1 heterocycles. The van der Waals surface area contributed by atoms with Crippen LogP contribution in [0, 0.1) is 0 Å². The van der Waals surface area contributed by atoms with E-state index >= 15 is 0 Å². The van der Waals surface area contributed by atoms with E-state index in [-0.39, 0.29) is 11.4 Å². The third-order valence-corrected chi connectivity index (χ3v) is 7.30. The number of halogens is 1. The summed E-state index contributed by atoms with van der Waals surface area (Å²) in [6.45, 7) is 10.3. The Morgan fingerprint density at radius 3 is 2.43 bits per heavy atom. The summed E-state index contributed by atoms with van der Waals surface area (Å²) in [6.07, 6.45) is 7.57. The van der Waals surface area contributed by atoms with Crippen molar-refractivity contribution in [3.05, 3.63) is 83.5 Å². The number of ether oxygens (including phenoxy) is 2. The van der Waals surface area contributed by atoms with Crippen molar-refractivity contribution in [2.75, 3.05) is 19.5 Å². The van der Waals surface area contributed by atoms with Gasteiger partial charge in [0.1, 0.15) is 29.0 Å². The molecule has 1 aliphatic heterocycles. The van der Waals surface area contributed by atoms with Crippen LogP contribution in [0.3, 0.4) is 0 Å². The number of aliphatic imine (C=N–C) groups is 1. The van der Waals surface area contributed by atoms with Gasteiger partial charge < -0.3 is 14.8 Å². The molecule has 2 aromatic rings. The van der Waals surface area contributed by atoms with Crippen LogP contribution in [0.1, 0.15) is 41.0 Å². The molecule has 4 nitrogen and oxygen atoms in total. The van der Waals surface area contributed by atoms with Crippen LogP contribution < -0.4 is 14.8 Å². The Morgan fingerprint density at radius 2 is 1.77 bits per heavy atom. The second kappa shape index (κ2) is 12.1. The quantitative estimate of drug-likeness (QED) is 0.343. The molecule has 1 aliphatic rings. The fraction of sp³-hybridized carbons (Fsp3) is 0.345. The summed E-state index contributed by atoms with van der Waals surface area (Å²) in [6, 6.07) is 12.0. The SMILES string of the molecule is C/C=C(/CC1(C)CSC(COc2ccc(OC)c3ccccc23)=N1)N/C(C)=C(C)/C=C\C(F)=C/C. The Labute approximate surface area is 212 Å². The molecule has 0 saturated heterocycles. The van der Waals surface area contributed by atoms with Crippen molar-refractivity contribution in [3.63, 3.8) is 0 Å². The van der Waals surface area contributed by atoms with Crippen LogP contribution in [-0.4, -0.2) is 30.1 Å². The van der Waals surface area contributed by atoms with E-state index in [1.807, 2.05) is 57.2 Å². The number of hydrogen-bond acceptors (Lipinski definition) is 5. The molecular weight excluding hydrogens is 459 g/mol. The smallest absolute Gasteiger partial charge is 0.136 e. The first-order valence-electron chi connectivity index (χ1n) is 11.8. The highest BCUT2D eigenvalue weighted by Crippen LogP contribution is 2.35. The minimum Gasteiger partial charge on any atom is -0.496 e. The van der Waals surface area contributed by atoms with Gasteiger partial charge in [0.2, 0.25) is 0 Å². The van der Waals surface area contributed by atoms with E-state index in [9.17, 15) is 4.39 Å². The number of allylic oxidation sites excluding steroid dienone is 7. The van der Waals surface area contributed by atoms with Crippen molar-refractivity contribution >= 4 is 27.6 Å². The Balaban J connectivity index is 1.66. The Kier molecular flexibility index (Phi) is 9.21. The summed E-state index contributed by atoms with van der Waals surface area (Å²) >= 11 is 1.75. The fourth-order valence-electron chi connectivity index (χ4n) is 3.85. The number of nitrogens with zero attached hydrogens (tertiary/aromatic N) is 1. The Bertz CT molecular complexity index is 1210. The van der Waals surface area contributed by atoms with Gasteiger partial charge in [0.05, 0.1) is 12.6 Å². The summed E-state index contributed by atoms with van der Waals surface area (Å²) in [5.41, 5.74) is 2.85. The average molecular weight is 495 g/mol. The van der Waals surface area contributed by atoms with Gasteiger partial charge in [-0.1, -0.05) is 42.5 Å². The van der Waals surface area contributed by atoms with E-state index in [4.69, 9.17) is 14.5 Å². The normalized spacial score (nSPS) is 19.7. The van der Waals surface area contributed by atoms with Crippen molar-refractivity contribution < 1.29 is 13.9 Å². The highest BCUT2D eigenvalue weighted by molar-refractivity contribution is 8.14. The summed E-state index contributed by atoms with van der Waals surface area (Å²) in [5.74, 6) is 2.31. The molecule has 0 radical (unpaired) electrons. The fourth-order valence-corrected chi connectivity index (χ4v) is 4.92. The van der Waals surface area contributed by atoms with Gasteiger partial charge in [-0.3, -0.25) is 4.99 Å². The number of thioether (sulfide) groups is 1. The molecule has 1 N–H and O–H groups in total. The third-order valence-electron chi connectivity index (χ3n) is 5.99. The first kappa shape index (κ1) is 26.6. The van der Waals surface area contributed by atoms with Gasteiger partial charge in [-0.2, -0.15) is 0 Å². The van der Waals surface area contributed by atoms with Crippen molar-refractivity contribution in [1.29, 1.82) is 0 Å². The van der Waals surface area contributed by atoms with E-state index < -0.39 is 0 Å². The highest BCUT2D eigenvalue weighted by Gasteiger charge is 2.32. The molecule has 0 amide bonds. The van der Waals surface area contributed by atoms with Crippen molar-refractivity contribution in [2.24, 2.45) is 4.99 Å². The lowest BCUT2D eigenvalue weighted by Crippen LogP contribution is -2.27. The average Bonchev–Trinajstić information content (AvgIpc) is 3.25. The van der Waals surface area contributed by atoms with E-state index in [1.165, 1.54) is 12.2 Å². The van der Waals surface area contributed by atoms with Crippen molar-refractivity contribution in [3.8, 4) is 11.5 Å². The zero-order valence-electron chi connectivity index (χ0n) is 21.4. The van der Waals surface area contributed by atoms with Crippen molar-refractivity contribution in [2.45, 2.75) is 46.6 Å². The van der Waals surface area contributed by atoms with E-state index in [2.05, 4.69) is 18.3 Å². The maximum atomic E-state index is 13.4. The number of nitrogens with one attached hydrogen (secondary N) is 1. The molecule has 2 aromatic carbocycles. The zero-order valence-corrected chi connectivity index (χ0v) is 22.3. The Hall–Kier alpha value is -2.99. The van der Waals surface area contributed by atoms with E-state index in [1.54, 1.807) is 31.9 Å². The second-order valence-electron chi connectivity index (χ2n) is 8.82. The number of benzene rings is 2. The van der Waals surface area contributed by atoms with Crippen molar-refractivity contribution in [1.82, 2.24) is 5.32 Å². The first-order valence-corrected chi connectivity index (χ1v) is 12.8. The molecule has 35 heavy (non-hydrogen) atoms. The van der Waals surface area contributed by atoms with Crippen LogP contribution in [0.15, 0.2) is 88.5 Å². The van der Waals surface area contributed by atoms with Gasteiger partial charge >= 0.3 is 0 Å². The zero-order chi connectivity index (χ0) is 25.4.